The van der Waals surface area contributed by atoms with Gasteiger partial charge in [-0.25, -0.2) is 8.78 Å². The van der Waals surface area contributed by atoms with Gasteiger partial charge >= 0.3 is 0 Å². The van der Waals surface area contributed by atoms with Crippen molar-refractivity contribution >= 4 is 34.9 Å². The van der Waals surface area contributed by atoms with Crippen molar-refractivity contribution in [2.45, 2.75) is 19.4 Å². The molecular weight excluding hydrogens is 470 g/mol. The Morgan fingerprint density at radius 1 is 0.886 bits per heavy atom. The minimum absolute atomic E-state index is 0. The molecule has 1 amide bonds. The molecule has 0 saturated carbocycles. The summed E-state index contributed by atoms with van der Waals surface area (Å²) in [6.45, 7) is 3.85. The molecule has 8 heteroatoms. The van der Waals surface area contributed by atoms with Crippen LogP contribution in [0.2, 0.25) is 0 Å². The number of amides is 1. The molecule has 1 saturated heterocycles. The minimum atomic E-state index is -0.308. The molecule has 0 spiro atoms. The lowest BCUT2D eigenvalue weighted by molar-refractivity contribution is -0.132. The van der Waals surface area contributed by atoms with Crippen molar-refractivity contribution in [3.05, 3.63) is 90.0 Å². The van der Waals surface area contributed by atoms with E-state index in [1.165, 1.54) is 24.3 Å². The van der Waals surface area contributed by atoms with Crippen LogP contribution in [-0.2, 0) is 11.2 Å². The zero-order chi connectivity index (χ0) is 23.7. The molecule has 0 aliphatic carbocycles. The van der Waals surface area contributed by atoms with Gasteiger partial charge in [-0.2, -0.15) is 0 Å². The number of hydrogen-bond acceptors (Lipinski definition) is 4. The van der Waals surface area contributed by atoms with Crippen molar-refractivity contribution in [2.75, 3.05) is 24.5 Å². The zero-order valence-electron chi connectivity index (χ0n) is 19.2. The van der Waals surface area contributed by atoms with Gasteiger partial charge in [-0.3, -0.25) is 4.79 Å². The van der Waals surface area contributed by atoms with Gasteiger partial charge in [-0.05, 0) is 48.9 Å². The van der Waals surface area contributed by atoms with E-state index in [2.05, 4.69) is 15.1 Å². The number of fused-ring (bicyclic) bond motifs is 1. The van der Waals surface area contributed by atoms with Crippen molar-refractivity contribution < 1.29 is 13.6 Å². The molecule has 5 rings (SSSR count). The molecule has 180 valence electrons. The Morgan fingerprint density at radius 3 is 2.17 bits per heavy atom. The fraction of sp³-hybridized carbons (Fsp3) is 0.222. The summed E-state index contributed by atoms with van der Waals surface area (Å²) in [7, 11) is 0. The molecule has 0 N–H and O–H groups in total. The highest BCUT2D eigenvalue weighted by Gasteiger charge is 2.29. The largest absolute Gasteiger partial charge is 0.351 e. The molecule has 4 aromatic rings. The first-order valence-corrected chi connectivity index (χ1v) is 11.3. The first kappa shape index (κ1) is 24.5. The van der Waals surface area contributed by atoms with E-state index in [1.807, 2.05) is 36.1 Å². The Labute approximate surface area is 208 Å². The normalized spacial score (nSPS) is 15.7. The Kier molecular flexibility index (Phi) is 7.26. The quantitative estimate of drug-likeness (QED) is 0.387. The van der Waals surface area contributed by atoms with Crippen LogP contribution in [0.25, 0.3) is 22.0 Å². The number of carbonyl (C=O) groups excluding carboxylic acids is 1. The summed E-state index contributed by atoms with van der Waals surface area (Å²) in [5.74, 6) is 0.204. The van der Waals surface area contributed by atoms with Gasteiger partial charge in [0.25, 0.3) is 0 Å². The van der Waals surface area contributed by atoms with Crippen LogP contribution in [0.3, 0.4) is 0 Å². The zero-order valence-corrected chi connectivity index (χ0v) is 20.0. The second-order valence-electron chi connectivity index (χ2n) is 8.61. The fourth-order valence-corrected chi connectivity index (χ4v) is 4.54. The molecule has 1 atom stereocenters. The summed E-state index contributed by atoms with van der Waals surface area (Å²) in [6.07, 6.45) is 0.250. The summed E-state index contributed by atoms with van der Waals surface area (Å²) in [5.41, 5.74) is 2.32. The predicted octanol–water partition coefficient (Wildman–Crippen LogP) is 5.28. The number of anilines is 1. The van der Waals surface area contributed by atoms with E-state index >= 15 is 0 Å². The summed E-state index contributed by atoms with van der Waals surface area (Å²) in [4.78, 5) is 16.9. The predicted molar refractivity (Wildman–Crippen MR) is 136 cm³/mol. The number of carbonyl (C=O) groups is 1. The summed E-state index contributed by atoms with van der Waals surface area (Å²) in [5, 5.41) is 11.0. The van der Waals surface area contributed by atoms with Crippen molar-refractivity contribution in [1.29, 1.82) is 0 Å². The highest BCUT2D eigenvalue weighted by Crippen LogP contribution is 2.32. The SMILES string of the molecule is C[C@@H]1CN(c2nnc(-c3ccc(F)cc3)c3ccccc23)CCN1C(=O)Cc1ccc(F)cc1.Cl. The number of benzene rings is 3. The molecule has 35 heavy (non-hydrogen) atoms. The van der Waals surface area contributed by atoms with Gasteiger partial charge in [0.1, 0.15) is 17.3 Å². The first-order valence-electron chi connectivity index (χ1n) is 11.3. The highest BCUT2D eigenvalue weighted by molar-refractivity contribution is 6.00. The molecule has 0 unspecified atom stereocenters. The molecule has 2 heterocycles. The van der Waals surface area contributed by atoms with E-state index in [0.717, 1.165) is 27.7 Å². The Hall–Kier alpha value is -3.58. The van der Waals surface area contributed by atoms with Crippen molar-refractivity contribution in [1.82, 2.24) is 15.1 Å². The summed E-state index contributed by atoms with van der Waals surface area (Å²) < 4.78 is 26.6. The third-order valence-corrected chi connectivity index (χ3v) is 6.30. The molecule has 1 fully saturated rings. The monoisotopic (exact) mass is 494 g/mol. The van der Waals surface area contributed by atoms with Gasteiger partial charge in [0, 0.05) is 42.0 Å². The smallest absolute Gasteiger partial charge is 0.227 e. The van der Waals surface area contributed by atoms with Crippen LogP contribution >= 0.6 is 12.4 Å². The van der Waals surface area contributed by atoms with E-state index in [9.17, 15) is 13.6 Å². The molecule has 3 aromatic carbocycles. The molecule has 0 radical (unpaired) electrons. The third kappa shape index (κ3) is 5.10. The first-order chi connectivity index (χ1) is 16.5. The summed E-state index contributed by atoms with van der Waals surface area (Å²) in [6, 6.07) is 20.2. The number of halogens is 3. The lowest BCUT2D eigenvalue weighted by Crippen LogP contribution is -2.54. The molecule has 0 bridgehead atoms. The van der Waals surface area contributed by atoms with Crippen molar-refractivity contribution in [3.63, 3.8) is 0 Å². The van der Waals surface area contributed by atoms with Gasteiger partial charge in [0.15, 0.2) is 5.82 Å². The molecular formula is C27H25ClF2N4O. The molecule has 1 aromatic heterocycles. The van der Waals surface area contributed by atoms with Gasteiger partial charge in [-0.1, -0.05) is 36.4 Å². The van der Waals surface area contributed by atoms with Crippen LogP contribution in [0.1, 0.15) is 12.5 Å². The van der Waals surface area contributed by atoms with Crippen molar-refractivity contribution in [3.8, 4) is 11.3 Å². The van der Waals surface area contributed by atoms with Crippen LogP contribution in [0.5, 0.6) is 0 Å². The van der Waals surface area contributed by atoms with Crippen LogP contribution in [0.4, 0.5) is 14.6 Å². The Morgan fingerprint density at radius 2 is 1.51 bits per heavy atom. The highest BCUT2D eigenvalue weighted by atomic mass is 35.5. The molecule has 1 aliphatic rings. The maximum Gasteiger partial charge on any atom is 0.227 e. The maximum atomic E-state index is 13.4. The second kappa shape index (κ2) is 10.4. The topological polar surface area (TPSA) is 49.3 Å². The van der Waals surface area contributed by atoms with E-state index in [0.29, 0.717) is 25.3 Å². The average molecular weight is 495 g/mol. The Bertz CT molecular complexity index is 1330. The molecule has 1 aliphatic heterocycles. The number of aromatic nitrogens is 2. The lowest BCUT2D eigenvalue weighted by Gasteiger charge is -2.40. The van der Waals surface area contributed by atoms with Crippen LogP contribution in [0, 0.1) is 11.6 Å². The van der Waals surface area contributed by atoms with E-state index in [1.54, 1.807) is 24.3 Å². The van der Waals surface area contributed by atoms with Crippen molar-refractivity contribution in [2.24, 2.45) is 0 Å². The average Bonchev–Trinajstić information content (AvgIpc) is 2.85. The van der Waals surface area contributed by atoms with Gasteiger partial charge in [-0.15, -0.1) is 22.6 Å². The lowest BCUT2D eigenvalue weighted by atomic mass is 10.0. The second-order valence-corrected chi connectivity index (χ2v) is 8.61. The number of piperazine rings is 1. The third-order valence-electron chi connectivity index (χ3n) is 6.30. The maximum absolute atomic E-state index is 13.4. The fourth-order valence-electron chi connectivity index (χ4n) is 4.54. The van der Waals surface area contributed by atoms with Gasteiger partial charge in [0.05, 0.1) is 6.42 Å². The van der Waals surface area contributed by atoms with Crippen LogP contribution < -0.4 is 4.90 Å². The van der Waals surface area contributed by atoms with E-state index in [-0.39, 0.29) is 42.4 Å². The van der Waals surface area contributed by atoms with Gasteiger partial charge in [0.2, 0.25) is 5.91 Å². The number of nitrogens with zero attached hydrogens (tertiary/aromatic N) is 4. The number of rotatable bonds is 4. The minimum Gasteiger partial charge on any atom is -0.351 e. The standard InChI is InChI=1S/C27H24F2N4O.ClH/c1-18-17-32(14-15-33(18)25(34)16-19-6-10-21(28)11-7-19)27-24-5-3-2-4-23(24)26(30-31-27)20-8-12-22(29)13-9-20;/h2-13,18H,14-17H2,1H3;1H/t18-;/m1./s1. The van der Waals surface area contributed by atoms with Crippen LogP contribution in [0.15, 0.2) is 72.8 Å². The van der Waals surface area contributed by atoms with E-state index < -0.39 is 0 Å². The number of hydrogen-bond donors (Lipinski definition) is 0. The Balaban J connectivity index is 0.00000289. The summed E-state index contributed by atoms with van der Waals surface area (Å²) >= 11 is 0. The van der Waals surface area contributed by atoms with Gasteiger partial charge < -0.3 is 9.80 Å². The molecule has 5 nitrogen and oxygen atoms in total. The van der Waals surface area contributed by atoms with Crippen LogP contribution in [-0.4, -0.2) is 46.7 Å². The van der Waals surface area contributed by atoms with E-state index in [4.69, 9.17) is 0 Å².